The molecule has 1 aromatic heterocycles. The maximum atomic E-state index is 13.7. The van der Waals surface area contributed by atoms with Crippen LogP contribution >= 0.6 is 22.9 Å². The molecule has 7 heteroatoms. The fourth-order valence-electron chi connectivity index (χ4n) is 2.05. The van der Waals surface area contributed by atoms with Crippen molar-refractivity contribution in [2.45, 2.75) is 13.0 Å². The van der Waals surface area contributed by atoms with Gasteiger partial charge in [-0.1, -0.05) is 17.7 Å². The standard InChI is InChI=1S/C13H11ClFN3OS/c14-7-2-1-3-8(15)11(7)12(19)18-13-17-9-4-5-16-6-10(9)20-13/h1-3,16H,4-6H2,(H,17,18,19). The Bertz CT molecular complexity index is 630. The lowest BCUT2D eigenvalue weighted by atomic mass is 10.2. The van der Waals surface area contributed by atoms with Crippen LogP contribution in [0.15, 0.2) is 18.2 Å². The SMILES string of the molecule is O=C(Nc1nc2c(s1)CNCC2)c1c(F)cccc1Cl. The van der Waals surface area contributed by atoms with Gasteiger partial charge in [0.05, 0.1) is 16.3 Å². The van der Waals surface area contributed by atoms with Crippen LogP contribution in [0, 0.1) is 5.82 Å². The van der Waals surface area contributed by atoms with Crippen LogP contribution in [0.1, 0.15) is 20.9 Å². The van der Waals surface area contributed by atoms with Crippen molar-refractivity contribution in [3.63, 3.8) is 0 Å². The monoisotopic (exact) mass is 311 g/mol. The van der Waals surface area contributed by atoms with Gasteiger partial charge in [-0.25, -0.2) is 9.37 Å². The second-order valence-corrected chi connectivity index (χ2v) is 5.86. The van der Waals surface area contributed by atoms with Gasteiger partial charge in [-0.05, 0) is 12.1 Å². The molecule has 1 aliphatic rings. The minimum atomic E-state index is -0.641. The lowest BCUT2D eigenvalue weighted by Crippen LogP contribution is -2.22. The fraction of sp³-hybridized carbons (Fsp3) is 0.231. The van der Waals surface area contributed by atoms with Crippen LogP contribution in [0.25, 0.3) is 0 Å². The largest absolute Gasteiger partial charge is 0.311 e. The van der Waals surface area contributed by atoms with Crippen molar-refractivity contribution in [3.8, 4) is 0 Å². The topological polar surface area (TPSA) is 54.0 Å². The quantitative estimate of drug-likeness (QED) is 0.896. The number of anilines is 1. The first-order valence-electron chi connectivity index (χ1n) is 6.10. The Hall–Kier alpha value is -1.50. The molecule has 1 aliphatic heterocycles. The zero-order chi connectivity index (χ0) is 14.1. The highest BCUT2D eigenvalue weighted by Gasteiger charge is 2.19. The average Bonchev–Trinajstić information content (AvgIpc) is 2.80. The predicted octanol–water partition coefficient (Wildman–Crippen LogP) is 2.83. The number of fused-ring (bicyclic) bond motifs is 1. The molecule has 20 heavy (non-hydrogen) atoms. The predicted molar refractivity (Wildman–Crippen MR) is 76.9 cm³/mol. The number of nitrogens with one attached hydrogen (secondary N) is 2. The highest BCUT2D eigenvalue weighted by atomic mass is 35.5. The Kier molecular flexibility index (Phi) is 3.69. The van der Waals surface area contributed by atoms with Crippen molar-refractivity contribution in [3.05, 3.63) is 45.2 Å². The van der Waals surface area contributed by atoms with Gasteiger partial charge < -0.3 is 5.32 Å². The first-order chi connectivity index (χ1) is 9.65. The summed E-state index contributed by atoms with van der Waals surface area (Å²) < 4.78 is 13.7. The van der Waals surface area contributed by atoms with Gasteiger partial charge in [0.1, 0.15) is 5.82 Å². The number of carbonyl (C=O) groups excluding carboxylic acids is 1. The number of amides is 1. The molecule has 0 saturated heterocycles. The van der Waals surface area contributed by atoms with Gasteiger partial charge in [0.15, 0.2) is 5.13 Å². The van der Waals surface area contributed by atoms with Gasteiger partial charge in [0.2, 0.25) is 0 Å². The Labute approximate surface area is 124 Å². The lowest BCUT2D eigenvalue weighted by Gasteiger charge is -2.09. The molecule has 3 rings (SSSR count). The van der Waals surface area contributed by atoms with E-state index in [4.69, 9.17) is 11.6 Å². The van der Waals surface area contributed by atoms with Crippen molar-refractivity contribution < 1.29 is 9.18 Å². The highest BCUT2D eigenvalue weighted by molar-refractivity contribution is 7.15. The van der Waals surface area contributed by atoms with E-state index in [1.54, 1.807) is 0 Å². The molecule has 0 fully saturated rings. The van der Waals surface area contributed by atoms with Gasteiger partial charge in [0, 0.05) is 24.4 Å². The minimum Gasteiger partial charge on any atom is -0.311 e. The Morgan fingerprint density at radius 3 is 3.10 bits per heavy atom. The second kappa shape index (κ2) is 5.47. The first kappa shape index (κ1) is 13.5. The second-order valence-electron chi connectivity index (χ2n) is 4.37. The smallest absolute Gasteiger partial charge is 0.261 e. The van der Waals surface area contributed by atoms with Crippen LogP contribution in [0.5, 0.6) is 0 Å². The summed E-state index contributed by atoms with van der Waals surface area (Å²) in [5.41, 5.74) is 0.837. The molecule has 0 spiro atoms. The van der Waals surface area contributed by atoms with Crippen molar-refractivity contribution in [2.24, 2.45) is 0 Å². The zero-order valence-corrected chi connectivity index (χ0v) is 11.9. The van der Waals surface area contributed by atoms with Crippen LogP contribution in [-0.2, 0) is 13.0 Å². The van der Waals surface area contributed by atoms with E-state index in [1.165, 1.54) is 29.5 Å². The summed E-state index contributed by atoms with van der Waals surface area (Å²) in [6, 6.07) is 4.15. The molecule has 0 bridgehead atoms. The van der Waals surface area contributed by atoms with Gasteiger partial charge in [0.25, 0.3) is 5.91 Å². The number of benzene rings is 1. The zero-order valence-electron chi connectivity index (χ0n) is 10.4. The van der Waals surface area contributed by atoms with Crippen LogP contribution in [0.4, 0.5) is 9.52 Å². The number of hydrogen-bond donors (Lipinski definition) is 2. The summed E-state index contributed by atoms with van der Waals surface area (Å²) in [7, 11) is 0. The first-order valence-corrected chi connectivity index (χ1v) is 7.29. The van der Waals surface area contributed by atoms with Crippen molar-refractivity contribution in [1.82, 2.24) is 10.3 Å². The number of halogens is 2. The maximum Gasteiger partial charge on any atom is 0.261 e. The summed E-state index contributed by atoms with van der Waals surface area (Å²) in [6.07, 6.45) is 0.835. The maximum absolute atomic E-state index is 13.7. The average molecular weight is 312 g/mol. The summed E-state index contributed by atoms with van der Waals surface area (Å²) >= 11 is 7.26. The van der Waals surface area contributed by atoms with Crippen molar-refractivity contribution >= 4 is 34.0 Å². The number of carbonyl (C=O) groups is 1. The van der Waals surface area contributed by atoms with Gasteiger partial charge in [-0.3, -0.25) is 10.1 Å². The van der Waals surface area contributed by atoms with Crippen LogP contribution < -0.4 is 10.6 Å². The van der Waals surface area contributed by atoms with E-state index in [0.29, 0.717) is 5.13 Å². The number of thiazole rings is 1. The third-order valence-corrected chi connectivity index (χ3v) is 4.34. The van der Waals surface area contributed by atoms with E-state index >= 15 is 0 Å². The summed E-state index contributed by atoms with van der Waals surface area (Å²) in [5, 5.41) is 6.41. The normalized spacial score (nSPS) is 13.9. The molecule has 4 nitrogen and oxygen atoms in total. The minimum absolute atomic E-state index is 0.0884. The Balaban J connectivity index is 1.84. The third-order valence-electron chi connectivity index (χ3n) is 3.01. The van der Waals surface area contributed by atoms with E-state index in [1.807, 2.05) is 0 Å². The number of rotatable bonds is 2. The third kappa shape index (κ3) is 2.54. The van der Waals surface area contributed by atoms with E-state index in [2.05, 4.69) is 15.6 Å². The van der Waals surface area contributed by atoms with Gasteiger partial charge >= 0.3 is 0 Å². The molecule has 1 aromatic carbocycles. The summed E-state index contributed by atoms with van der Waals surface area (Å²) in [6.45, 7) is 1.63. The van der Waals surface area contributed by atoms with E-state index < -0.39 is 11.7 Å². The Morgan fingerprint density at radius 1 is 1.50 bits per heavy atom. The number of hydrogen-bond acceptors (Lipinski definition) is 4. The van der Waals surface area contributed by atoms with Gasteiger partial charge in [-0.15, -0.1) is 11.3 Å². The molecule has 0 atom stereocenters. The van der Waals surface area contributed by atoms with Crippen molar-refractivity contribution in [2.75, 3.05) is 11.9 Å². The van der Waals surface area contributed by atoms with Crippen molar-refractivity contribution in [1.29, 1.82) is 0 Å². The van der Waals surface area contributed by atoms with E-state index in [-0.39, 0.29) is 10.6 Å². The molecule has 0 saturated carbocycles. The summed E-state index contributed by atoms with van der Waals surface area (Å²) in [5.74, 6) is -1.22. The molecular weight excluding hydrogens is 301 g/mol. The molecule has 2 aromatic rings. The van der Waals surface area contributed by atoms with Crippen LogP contribution in [-0.4, -0.2) is 17.4 Å². The van der Waals surface area contributed by atoms with Gasteiger partial charge in [-0.2, -0.15) is 0 Å². The van der Waals surface area contributed by atoms with Crippen LogP contribution in [0.2, 0.25) is 5.02 Å². The molecule has 0 radical (unpaired) electrons. The van der Waals surface area contributed by atoms with Crippen LogP contribution in [0.3, 0.4) is 0 Å². The lowest BCUT2D eigenvalue weighted by molar-refractivity contribution is 0.102. The molecule has 2 heterocycles. The number of aromatic nitrogens is 1. The van der Waals surface area contributed by atoms with E-state index in [0.717, 1.165) is 30.1 Å². The molecule has 2 N–H and O–H groups in total. The molecule has 0 aliphatic carbocycles. The summed E-state index contributed by atoms with van der Waals surface area (Å²) in [4.78, 5) is 17.5. The molecule has 0 unspecified atom stereocenters. The van der Waals surface area contributed by atoms with E-state index in [9.17, 15) is 9.18 Å². The number of nitrogens with zero attached hydrogens (tertiary/aromatic N) is 1. The molecular formula is C13H11ClFN3OS. The Morgan fingerprint density at radius 2 is 2.35 bits per heavy atom. The molecule has 104 valence electrons. The highest BCUT2D eigenvalue weighted by Crippen LogP contribution is 2.27. The fourth-order valence-corrected chi connectivity index (χ4v) is 3.27. The molecule has 1 amide bonds.